The molecule has 0 aromatic carbocycles. The lowest BCUT2D eigenvalue weighted by atomic mass is 9.80. The number of carbonyl (C=O) groups is 1. The fourth-order valence-electron chi connectivity index (χ4n) is 5.78. The maximum absolute atomic E-state index is 12.8. The van der Waals surface area contributed by atoms with Gasteiger partial charge in [-0.25, -0.2) is 4.79 Å². The summed E-state index contributed by atoms with van der Waals surface area (Å²) in [5.74, 6) is 0.837. The molecule has 11 atom stereocenters. The van der Waals surface area contributed by atoms with Gasteiger partial charge in [0.05, 0.1) is 24.5 Å². The average Bonchev–Trinajstić information content (AvgIpc) is 2.85. The number of hydrogen-bond donors (Lipinski definition) is 5. The first kappa shape index (κ1) is 33.0. The lowest BCUT2D eigenvalue weighted by molar-refractivity contribution is -0.313. The van der Waals surface area contributed by atoms with Crippen LogP contribution in [0.25, 0.3) is 0 Å². The van der Waals surface area contributed by atoms with Crippen LogP contribution in [0.15, 0.2) is 11.8 Å². The van der Waals surface area contributed by atoms with Crippen molar-refractivity contribution < 1.29 is 43.8 Å². The molecule has 232 valence electrons. The van der Waals surface area contributed by atoms with E-state index in [1.165, 1.54) is 18.9 Å². The highest BCUT2D eigenvalue weighted by atomic mass is 16.7. The average molecular weight is 574 g/mol. The van der Waals surface area contributed by atoms with Crippen LogP contribution in [-0.2, 0) is 23.7 Å². The third kappa shape index (κ3) is 7.65. The Balaban J connectivity index is 1.77. The SMILES string of the molecule is CN[C@@H]1C[C@H](C)C(O[C@H]2OC(CCN)=CC[C@H]2C)[C@H](O)[C@H]1O[C@H]1OC[C@](C)(O)[C@H](N(C)C(=O)OC(C)(C)C)[C@H]1O. The molecule has 2 heterocycles. The number of aliphatic hydroxyl groups is 3. The molecular formula is C28H51N3O9. The second-order valence-electron chi connectivity index (χ2n) is 12.8. The molecule has 12 nitrogen and oxygen atoms in total. The number of nitrogens with zero attached hydrogens (tertiary/aromatic N) is 1. The lowest BCUT2D eigenvalue weighted by Crippen LogP contribution is -2.68. The molecule has 3 rings (SSSR count). The van der Waals surface area contributed by atoms with E-state index >= 15 is 0 Å². The third-order valence-corrected chi connectivity index (χ3v) is 7.93. The molecular weight excluding hydrogens is 522 g/mol. The molecule has 6 N–H and O–H groups in total. The number of nitrogens with two attached hydrogens (primary N) is 1. The van der Waals surface area contributed by atoms with Crippen LogP contribution in [0.2, 0.25) is 0 Å². The quantitative estimate of drug-likeness (QED) is 0.282. The van der Waals surface area contributed by atoms with E-state index in [1.807, 2.05) is 19.9 Å². The lowest BCUT2D eigenvalue weighted by Gasteiger charge is -2.50. The van der Waals surface area contributed by atoms with Crippen molar-refractivity contribution in [2.45, 2.75) is 121 Å². The Morgan fingerprint density at radius 1 is 1.18 bits per heavy atom. The van der Waals surface area contributed by atoms with Gasteiger partial charge >= 0.3 is 6.09 Å². The van der Waals surface area contributed by atoms with Crippen molar-refractivity contribution in [1.82, 2.24) is 10.2 Å². The van der Waals surface area contributed by atoms with E-state index in [2.05, 4.69) is 5.32 Å². The summed E-state index contributed by atoms with van der Waals surface area (Å²) < 4.78 is 29.9. The van der Waals surface area contributed by atoms with Gasteiger partial charge in [0.1, 0.15) is 29.5 Å². The molecule has 1 amide bonds. The molecule has 2 aliphatic heterocycles. The second-order valence-corrected chi connectivity index (χ2v) is 12.8. The summed E-state index contributed by atoms with van der Waals surface area (Å²) in [6.07, 6.45) is -2.37. The van der Waals surface area contributed by atoms with Gasteiger partial charge in [0.15, 0.2) is 6.29 Å². The van der Waals surface area contributed by atoms with E-state index in [-0.39, 0.29) is 24.5 Å². The summed E-state index contributed by atoms with van der Waals surface area (Å²) in [6, 6.07) is -1.37. The number of rotatable bonds is 8. The van der Waals surface area contributed by atoms with Crippen molar-refractivity contribution in [2.24, 2.45) is 17.6 Å². The van der Waals surface area contributed by atoms with Crippen molar-refractivity contribution in [1.29, 1.82) is 0 Å². The zero-order valence-corrected chi connectivity index (χ0v) is 25.2. The first-order chi connectivity index (χ1) is 18.6. The first-order valence-electron chi connectivity index (χ1n) is 14.3. The highest BCUT2D eigenvalue weighted by molar-refractivity contribution is 5.68. The molecule has 0 aromatic heterocycles. The number of nitrogens with one attached hydrogen (secondary N) is 1. The molecule has 1 aliphatic carbocycles. The van der Waals surface area contributed by atoms with Gasteiger partial charge in [-0.2, -0.15) is 0 Å². The summed E-state index contributed by atoms with van der Waals surface area (Å²) in [4.78, 5) is 14.0. The Bertz CT molecular complexity index is 880. The Kier molecular flexibility index (Phi) is 10.9. The van der Waals surface area contributed by atoms with Crippen molar-refractivity contribution in [3.63, 3.8) is 0 Å². The van der Waals surface area contributed by atoms with Gasteiger partial charge in [0.25, 0.3) is 0 Å². The van der Waals surface area contributed by atoms with Crippen LogP contribution in [0.3, 0.4) is 0 Å². The molecule has 1 saturated carbocycles. The number of amides is 1. The normalized spacial score (nSPS) is 40.6. The minimum atomic E-state index is -1.58. The van der Waals surface area contributed by atoms with Gasteiger partial charge in [-0.3, -0.25) is 0 Å². The molecule has 12 heteroatoms. The maximum atomic E-state index is 12.8. The molecule has 40 heavy (non-hydrogen) atoms. The number of hydrogen-bond acceptors (Lipinski definition) is 11. The summed E-state index contributed by atoms with van der Waals surface area (Å²) in [6.45, 7) is 11.0. The zero-order chi connectivity index (χ0) is 30.0. The number of allylic oxidation sites excluding steroid dienone is 1. The van der Waals surface area contributed by atoms with Crippen molar-refractivity contribution in [3.05, 3.63) is 11.8 Å². The number of ether oxygens (including phenoxy) is 5. The Morgan fingerprint density at radius 3 is 2.42 bits per heavy atom. The summed E-state index contributed by atoms with van der Waals surface area (Å²) in [5.41, 5.74) is 3.36. The monoisotopic (exact) mass is 573 g/mol. The minimum Gasteiger partial charge on any atom is -0.469 e. The highest BCUT2D eigenvalue weighted by Gasteiger charge is 2.53. The van der Waals surface area contributed by atoms with E-state index in [1.54, 1.807) is 27.8 Å². The van der Waals surface area contributed by atoms with Gasteiger partial charge in [0.2, 0.25) is 6.29 Å². The predicted molar refractivity (Wildman–Crippen MR) is 147 cm³/mol. The number of carbonyl (C=O) groups excluding carboxylic acids is 1. The molecule has 3 aliphatic rings. The van der Waals surface area contributed by atoms with E-state index in [9.17, 15) is 20.1 Å². The standard InChI is InChI=1S/C28H51N3O9/c1-15-9-10-17(11-12-29)37-24(15)38-21-16(2)13-18(30-7)22(19(21)32)39-25-20(33)23(28(6,35)14-36-25)31(8)26(34)40-27(3,4)5/h10,15-16,18-25,30,32-33,35H,9,11-14,29H2,1-8H3/t15-,16+,18-,19+,20-,21?,22+,23-,24-,25-,28+/m1/s1. The van der Waals surface area contributed by atoms with Crippen LogP contribution in [-0.4, -0.2) is 114 Å². The fraction of sp³-hybridized carbons (Fsp3) is 0.893. The van der Waals surface area contributed by atoms with Crippen LogP contribution in [0.4, 0.5) is 4.79 Å². The van der Waals surface area contributed by atoms with Crippen molar-refractivity contribution in [3.8, 4) is 0 Å². The van der Waals surface area contributed by atoms with Crippen LogP contribution in [0, 0.1) is 11.8 Å². The van der Waals surface area contributed by atoms with Gasteiger partial charge in [-0.15, -0.1) is 0 Å². The number of likely N-dealkylation sites (N-methyl/N-ethyl adjacent to an activating group) is 2. The fourth-order valence-corrected chi connectivity index (χ4v) is 5.78. The highest BCUT2D eigenvalue weighted by Crippen LogP contribution is 2.36. The Labute approximate surface area is 238 Å². The Morgan fingerprint density at radius 2 is 1.82 bits per heavy atom. The summed E-state index contributed by atoms with van der Waals surface area (Å²) in [7, 11) is 3.23. The van der Waals surface area contributed by atoms with Gasteiger partial charge < -0.3 is 55.0 Å². The van der Waals surface area contributed by atoms with E-state index in [4.69, 9.17) is 29.4 Å². The maximum Gasteiger partial charge on any atom is 0.410 e. The smallest absolute Gasteiger partial charge is 0.410 e. The van der Waals surface area contributed by atoms with Gasteiger partial charge in [-0.05, 0) is 66.1 Å². The zero-order valence-electron chi connectivity index (χ0n) is 25.2. The van der Waals surface area contributed by atoms with Crippen LogP contribution < -0.4 is 11.1 Å². The van der Waals surface area contributed by atoms with Crippen LogP contribution in [0.1, 0.15) is 60.8 Å². The van der Waals surface area contributed by atoms with Crippen molar-refractivity contribution >= 4 is 6.09 Å². The van der Waals surface area contributed by atoms with Gasteiger partial charge in [0, 0.05) is 25.4 Å². The summed E-state index contributed by atoms with van der Waals surface area (Å²) in [5, 5.41) is 37.1. The van der Waals surface area contributed by atoms with Crippen LogP contribution in [0.5, 0.6) is 0 Å². The topological polar surface area (TPSA) is 165 Å². The largest absolute Gasteiger partial charge is 0.469 e. The molecule has 1 saturated heterocycles. The van der Waals surface area contributed by atoms with E-state index in [0.29, 0.717) is 19.4 Å². The molecule has 1 unspecified atom stereocenters. The number of aliphatic hydroxyl groups excluding tert-OH is 2. The first-order valence-corrected chi connectivity index (χ1v) is 14.3. The molecule has 0 radical (unpaired) electrons. The van der Waals surface area contributed by atoms with Gasteiger partial charge in [-0.1, -0.05) is 13.8 Å². The summed E-state index contributed by atoms with van der Waals surface area (Å²) >= 11 is 0. The van der Waals surface area contributed by atoms with E-state index in [0.717, 1.165) is 12.2 Å². The molecule has 0 bridgehead atoms. The molecule has 0 aromatic rings. The van der Waals surface area contributed by atoms with Crippen LogP contribution >= 0.6 is 0 Å². The Hall–Kier alpha value is -1.51. The molecule has 2 fully saturated rings. The third-order valence-electron chi connectivity index (χ3n) is 7.93. The minimum absolute atomic E-state index is 0.0315. The second kappa shape index (κ2) is 13.2. The molecule has 0 spiro atoms. The van der Waals surface area contributed by atoms with Crippen molar-refractivity contribution in [2.75, 3.05) is 27.2 Å². The van der Waals surface area contributed by atoms with E-state index < -0.39 is 60.3 Å². The predicted octanol–water partition coefficient (Wildman–Crippen LogP) is 1.06.